The van der Waals surface area contributed by atoms with Crippen LogP contribution in [0.25, 0.3) is 0 Å². The zero-order valence-corrected chi connectivity index (χ0v) is 27.9. The van der Waals surface area contributed by atoms with Crippen molar-refractivity contribution in [2.45, 2.75) is 77.2 Å². The fourth-order valence-corrected chi connectivity index (χ4v) is 9.36. The van der Waals surface area contributed by atoms with Crippen molar-refractivity contribution in [3.05, 3.63) is 143 Å². The number of rotatable bonds is 13. The summed E-state index contributed by atoms with van der Waals surface area (Å²) in [5.41, 5.74) is 0.333. The van der Waals surface area contributed by atoms with Gasteiger partial charge in [0, 0.05) is 14.7 Å². The van der Waals surface area contributed by atoms with Crippen molar-refractivity contribution in [1.82, 2.24) is 0 Å². The van der Waals surface area contributed by atoms with Gasteiger partial charge in [0.15, 0.2) is 11.9 Å². The van der Waals surface area contributed by atoms with Gasteiger partial charge in [-0.3, -0.25) is 10.1 Å². The Labute approximate surface area is 283 Å². The first-order valence-electron chi connectivity index (χ1n) is 15.7. The molecule has 1 saturated heterocycles. The van der Waals surface area contributed by atoms with Crippen LogP contribution in [0.2, 0.25) is 0 Å². The molecule has 8 nitrogen and oxygen atoms in total. The second-order valence-electron chi connectivity index (χ2n) is 12.3. The van der Waals surface area contributed by atoms with Crippen LogP contribution in [0.15, 0.2) is 131 Å². The molecule has 47 heavy (non-hydrogen) atoms. The molecule has 246 valence electrons. The molecule has 1 aliphatic heterocycles. The summed E-state index contributed by atoms with van der Waals surface area (Å²) in [4.78, 5) is 14.7. The van der Waals surface area contributed by atoms with E-state index in [2.05, 4.69) is 0 Å². The fourth-order valence-electron chi connectivity index (χ4n) is 6.41. The van der Waals surface area contributed by atoms with Gasteiger partial charge in [0.05, 0.1) is 36.4 Å². The van der Waals surface area contributed by atoms with E-state index in [1.807, 2.05) is 121 Å². The van der Waals surface area contributed by atoms with Gasteiger partial charge in [-0.05, 0) is 49.2 Å². The number of benzene rings is 4. The maximum absolute atomic E-state index is 13.1. The first-order chi connectivity index (χ1) is 22.8. The van der Waals surface area contributed by atoms with Crippen LogP contribution < -0.4 is 0 Å². The van der Waals surface area contributed by atoms with Crippen molar-refractivity contribution in [2.75, 3.05) is 6.61 Å². The number of nitrogens with zero attached hydrogens (tertiary/aromatic N) is 1. The molecule has 2 aliphatic rings. The van der Waals surface area contributed by atoms with E-state index in [-0.39, 0.29) is 24.7 Å². The first kappa shape index (κ1) is 33.7. The first-order valence-corrected chi connectivity index (χ1v) is 17.4. The van der Waals surface area contributed by atoms with E-state index in [0.29, 0.717) is 0 Å². The SMILES string of the molecule is CC1(C)O[C@H]2[C@H]([N+](=O)[O-])[C@@H](C(Sc3ccccc3)Sc3ccccc3)[C@@H](O)[C@](COCc3ccccc3)(OCc3ccccc3)[C@H]2O1. The average Bonchev–Trinajstić information content (AvgIpc) is 3.41. The van der Waals surface area contributed by atoms with E-state index < -0.39 is 46.2 Å². The Balaban J connectivity index is 1.45. The van der Waals surface area contributed by atoms with Gasteiger partial charge >= 0.3 is 0 Å². The Morgan fingerprint density at radius 3 is 1.79 bits per heavy atom. The molecular weight excluding hydrogens is 635 g/mol. The summed E-state index contributed by atoms with van der Waals surface area (Å²) in [5.74, 6) is -2.09. The van der Waals surface area contributed by atoms with Crippen molar-refractivity contribution < 1.29 is 29.0 Å². The van der Waals surface area contributed by atoms with Crippen molar-refractivity contribution in [2.24, 2.45) is 5.92 Å². The lowest BCUT2D eigenvalue weighted by atomic mass is 9.69. The molecule has 1 saturated carbocycles. The summed E-state index contributed by atoms with van der Waals surface area (Å²) < 4.78 is 25.5. The largest absolute Gasteiger partial charge is 0.389 e. The van der Waals surface area contributed by atoms with Gasteiger partial charge in [-0.2, -0.15) is 0 Å². The van der Waals surface area contributed by atoms with Crippen LogP contribution in [0.4, 0.5) is 0 Å². The maximum Gasteiger partial charge on any atom is 0.248 e. The molecule has 0 unspecified atom stereocenters. The minimum atomic E-state index is -1.51. The predicted molar refractivity (Wildman–Crippen MR) is 183 cm³/mol. The van der Waals surface area contributed by atoms with E-state index in [0.717, 1.165) is 20.9 Å². The predicted octanol–water partition coefficient (Wildman–Crippen LogP) is 7.23. The molecule has 0 aromatic heterocycles. The molecule has 6 rings (SSSR count). The summed E-state index contributed by atoms with van der Waals surface area (Å²) >= 11 is 2.98. The van der Waals surface area contributed by atoms with Crippen LogP contribution in [0, 0.1) is 16.0 Å². The number of thioether (sulfide) groups is 2. The number of ether oxygens (including phenoxy) is 4. The molecule has 4 aromatic carbocycles. The Bertz CT molecular complexity index is 1540. The molecule has 0 radical (unpaired) electrons. The summed E-state index contributed by atoms with van der Waals surface area (Å²) in [6.45, 7) is 3.81. The third-order valence-corrected chi connectivity index (χ3v) is 11.3. The number of aliphatic hydroxyl groups excluding tert-OH is 1. The number of fused-ring (bicyclic) bond motifs is 1. The minimum Gasteiger partial charge on any atom is -0.389 e. The highest BCUT2D eigenvalue weighted by molar-refractivity contribution is 8.17. The van der Waals surface area contributed by atoms with Gasteiger partial charge in [-0.1, -0.05) is 97.1 Å². The smallest absolute Gasteiger partial charge is 0.248 e. The lowest BCUT2D eigenvalue weighted by Gasteiger charge is -2.51. The lowest BCUT2D eigenvalue weighted by molar-refractivity contribution is -0.555. The molecule has 4 aromatic rings. The van der Waals surface area contributed by atoms with E-state index >= 15 is 0 Å². The van der Waals surface area contributed by atoms with Crippen molar-refractivity contribution in [3.8, 4) is 0 Å². The molecule has 1 N–H and O–H groups in total. The molecule has 1 heterocycles. The van der Waals surface area contributed by atoms with Gasteiger partial charge in [0.25, 0.3) is 0 Å². The van der Waals surface area contributed by atoms with Gasteiger partial charge in [-0.25, -0.2) is 0 Å². The van der Waals surface area contributed by atoms with Crippen LogP contribution in [0.3, 0.4) is 0 Å². The minimum absolute atomic E-state index is 0.0733. The van der Waals surface area contributed by atoms with Gasteiger partial charge in [-0.15, -0.1) is 23.5 Å². The molecule has 1 aliphatic carbocycles. The van der Waals surface area contributed by atoms with Gasteiger partial charge < -0.3 is 24.1 Å². The van der Waals surface area contributed by atoms with Crippen molar-refractivity contribution in [1.29, 1.82) is 0 Å². The molecule has 10 heteroatoms. The highest BCUT2D eigenvalue weighted by Crippen LogP contribution is 2.53. The number of aliphatic hydroxyl groups is 1. The Kier molecular flexibility index (Phi) is 10.7. The molecule has 0 amide bonds. The van der Waals surface area contributed by atoms with E-state index in [4.69, 9.17) is 18.9 Å². The van der Waals surface area contributed by atoms with Crippen LogP contribution in [0.5, 0.6) is 0 Å². The third kappa shape index (κ3) is 7.76. The standard InChI is InChI=1S/C37H39NO7S2/c1-36(2)44-32-31(38(40)41)30(35(46-28-19-11-5-12-20-28)47-29-21-13-6-14-22-29)33(39)37(34(32)45-36,43-24-27-17-9-4-10-18-27)25-42-23-26-15-7-3-8-16-26/h3-22,30-35,39H,23-25H2,1-2H3/t30-,31-,32+,33-,34+,37+/m1/s1. The third-order valence-electron chi connectivity index (χ3n) is 8.55. The van der Waals surface area contributed by atoms with Gasteiger partial charge in [0.1, 0.15) is 11.7 Å². The zero-order valence-electron chi connectivity index (χ0n) is 26.3. The molecule has 0 bridgehead atoms. The Hall–Kier alpha value is -3.22. The monoisotopic (exact) mass is 673 g/mol. The quantitative estimate of drug-likeness (QED) is 0.0682. The zero-order chi connectivity index (χ0) is 32.9. The molecular formula is C37H39NO7S2. The average molecular weight is 674 g/mol. The molecule has 0 spiro atoms. The molecule has 2 fully saturated rings. The molecule has 6 atom stereocenters. The number of nitro groups is 1. The summed E-state index contributed by atoms with van der Waals surface area (Å²) in [6, 6.07) is 37.6. The van der Waals surface area contributed by atoms with E-state index in [1.54, 1.807) is 13.8 Å². The van der Waals surface area contributed by atoms with Crippen LogP contribution >= 0.6 is 23.5 Å². The fraction of sp³-hybridized carbons (Fsp3) is 0.351. The normalized spacial score (nSPS) is 26.6. The van der Waals surface area contributed by atoms with Crippen molar-refractivity contribution >= 4 is 23.5 Å². The summed E-state index contributed by atoms with van der Waals surface area (Å²) in [6.07, 6.45) is -3.36. The van der Waals surface area contributed by atoms with Crippen LogP contribution in [0.1, 0.15) is 25.0 Å². The Morgan fingerprint density at radius 1 is 0.787 bits per heavy atom. The number of hydrogen-bond donors (Lipinski definition) is 1. The second kappa shape index (κ2) is 14.9. The van der Waals surface area contributed by atoms with Crippen molar-refractivity contribution in [3.63, 3.8) is 0 Å². The van der Waals surface area contributed by atoms with E-state index in [9.17, 15) is 15.2 Å². The second-order valence-corrected chi connectivity index (χ2v) is 15.0. The highest BCUT2D eigenvalue weighted by Gasteiger charge is 2.71. The Morgan fingerprint density at radius 2 is 1.28 bits per heavy atom. The number of hydrogen-bond acceptors (Lipinski definition) is 9. The summed E-state index contributed by atoms with van der Waals surface area (Å²) in [5, 5.41) is 25.9. The topological polar surface area (TPSA) is 100 Å². The van der Waals surface area contributed by atoms with E-state index in [1.165, 1.54) is 23.5 Å². The van der Waals surface area contributed by atoms with Gasteiger partial charge in [0.2, 0.25) is 6.04 Å². The maximum atomic E-state index is 13.1. The highest BCUT2D eigenvalue weighted by atomic mass is 32.2. The van der Waals surface area contributed by atoms with Crippen LogP contribution in [-0.4, -0.2) is 57.0 Å². The lowest BCUT2D eigenvalue weighted by Crippen LogP contribution is -2.72. The summed E-state index contributed by atoms with van der Waals surface area (Å²) in [7, 11) is 0. The van der Waals surface area contributed by atoms with Crippen LogP contribution in [-0.2, 0) is 32.2 Å².